The number of halogens is 2. The maximum Gasteiger partial charge on any atom is 0.258 e. The number of methoxy groups -OCH3 is 1. The van der Waals surface area contributed by atoms with Crippen LogP contribution in [0.2, 0.25) is 5.02 Å². The first-order valence-corrected chi connectivity index (χ1v) is 24.4. The number of piperazine rings is 1. The Morgan fingerprint density at radius 2 is 1.80 bits per heavy atom. The molecular weight excluding hydrogens is 907 g/mol. The predicted octanol–water partition coefficient (Wildman–Crippen LogP) is 5.94. The molecule has 3 fully saturated rings. The van der Waals surface area contributed by atoms with Gasteiger partial charge in [0.15, 0.2) is 5.67 Å². The molecular formula is C46H58ClFN10O6S2. The Morgan fingerprint density at radius 1 is 1.05 bits per heavy atom. The van der Waals surface area contributed by atoms with Crippen molar-refractivity contribution in [3.05, 3.63) is 76.0 Å². The van der Waals surface area contributed by atoms with Gasteiger partial charge in [-0.3, -0.25) is 24.1 Å². The maximum atomic E-state index is 15.0. The average molecular weight is 966 g/mol. The zero-order valence-electron chi connectivity index (χ0n) is 38.0. The third kappa shape index (κ3) is 11.9. The number of carbonyl (C=O) groups excluding carboxylic acids is 4. The van der Waals surface area contributed by atoms with Crippen LogP contribution in [0.1, 0.15) is 61.1 Å². The van der Waals surface area contributed by atoms with E-state index in [4.69, 9.17) is 21.1 Å². The van der Waals surface area contributed by atoms with Crippen LogP contribution in [0.5, 0.6) is 5.75 Å². The van der Waals surface area contributed by atoms with Gasteiger partial charge in [-0.25, -0.2) is 14.4 Å². The number of nitrogens with one attached hydrogen (secondary N) is 4. The van der Waals surface area contributed by atoms with Crippen LogP contribution in [0.25, 0.3) is 10.4 Å². The molecule has 2 aromatic heterocycles. The largest absolute Gasteiger partial charge is 0.495 e. The Balaban J connectivity index is 0.856. The lowest BCUT2D eigenvalue weighted by Gasteiger charge is -2.37. The molecule has 7 rings (SSSR count). The van der Waals surface area contributed by atoms with Crippen molar-refractivity contribution in [1.29, 1.82) is 0 Å². The smallest absolute Gasteiger partial charge is 0.258 e. The predicted molar refractivity (Wildman–Crippen MR) is 256 cm³/mol. The van der Waals surface area contributed by atoms with Gasteiger partial charge in [-0.15, -0.1) is 11.3 Å². The highest BCUT2D eigenvalue weighted by atomic mass is 35.5. The van der Waals surface area contributed by atoms with E-state index in [1.165, 1.54) is 25.1 Å². The topological polar surface area (TPSA) is 183 Å². The third-order valence-corrected chi connectivity index (χ3v) is 14.8. The Kier molecular flexibility index (Phi) is 16.1. The maximum absolute atomic E-state index is 15.0. The molecule has 1 saturated carbocycles. The number of carbonyl (C=O) groups is 4. The molecule has 4 aromatic rings. The van der Waals surface area contributed by atoms with Gasteiger partial charge in [-0.2, -0.15) is 16.7 Å². The molecule has 2 saturated heterocycles. The Morgan fingerprint density at radius 3 is 2.48 bits per heavy atom. The fourth-order valence-corrected chi connectivity index (χ4v) is 10.1. The first kappa shape index (κ1) is 48.8. The van der Waals surface area contributed by atoms with Crippen LogP contribution in [0, 0.1) is 6.92 Å². The summed E-state index contributed by atoms with van der Waals surface area (Å²) in [6.07, 6.45) is 2.86. The summed E-state index contributed by atoms with van der Waals surface area (Å²) in [7, 11) is 3.25. The van der Waals surface area contributed by atoms with Crippen LogP contribution in [-0.4, -0.2) is 148 Å². The standard InChI is InChI=1S/C46H58ClFN10O6S2/c1-29-37(65-28-52-29)31-10-8-30(9-11-31)26-50-40(59)35-7-6-16-58(35)42(61)38(54-43(62)46(48)14-15-46)45(2,3)66-24-23-64-22-21-56-17-19-57(20-18-56)41(60)32-12-13-34(36(25-32)63-5)53-44-51-27-33(47)39(49-4)55-44/h8-13,25,27-28,35,38H,6-7,14-24,26H2,1-5H3,(H,50,59)(H,54,62)(H2,49,51,53,55). The molecule has 354 valence electrons. The van der Waals surface area contributed by atoms with Crippen LogP contribution in [0.4, 0.5) is 21.8 Å². The second-order valence-electron chi connectivity index (χ2n) is 17.1. The molecule has 0 bridgehead atoms. The van der Waals surface area contributed by atoms with E-state index in [2.05, 4.69) is 41.1 Å². The minimum Gasteiger partial charge on any atom is -0.495 e. The van der Waals surface area contributed by atoms with Crippen molar-refractivity contribution in [2.75, 3.05) is 83.0 Å². The lowest BCUT2D eigenvalue weighted by Crippen LogP contribution is -2.61. The summed E-state index contributed by atoms with van der Waals surface area (Å²) in [4.78, 5) is 74.1. The summed E-state index contributed by atoms with van der Waals surface area (Å²) < 4.78 is 25.8. The quantitative estimate of drug-likeness (QED) is 0.0766. The van der Waals surface area contributed by atoms with Gasteiger partial charge < -0.3 is 40.5 Å². The van der Waals surface area contributed by atoms with Gasteiger partial charge in [-0.1, -0.05) is 35.9 Å². The van der Waals surface area contributed by atoms with E-state index in [-0.39, 0.29) is 24.7 Å². The van der Waals surface area contributed by atoms with Crippen molar-refractivity contribution < 1.29 is 33.0 Å². The first-order valence-electron chi connectivity index (χ1n) is 22.2. The summed E-state index contributed by atoms with van der Waals surface area (Å²) in [5.74, 6) is 0.247. The molecule has 4 heterocycles. The fourth-order valence-electron chi connectivity index (χ4n) is 8.01. The Hall–Kier alpha value is -5.08. The molecule has 1 aliphatic carbocycles. The van der Waals surface area contributed by atoms with E-state index in [1.54, 1.807) is 41.5 Å². The molecule has 4 amide bonds. The highest BCUT2D eigenvalue weighted by Gasteiger charge is 2.53. The van der Waals surface area contributed by atoms with Crippen molar-refractivity contribution in [2.24, 2.45) is 0 Å². The number of anilines is 3. The molecule has 0 spiro atoms. The van der Waals surface area contributed by atoms with Crippen molar-refractivity contribution in [3.8, 4) is 16.2 Å². The number of amides is 4. The van der Waals surface area contributed by atoms with E-state index in [9.17, 15) is 19.2 Å². The average Bonchev–Trinajstić information content (AvgIpc) is 3.65. The lowest BCUT2D eigenvalue weighted by molar-refractivity contribution is -0.143. The number of benzene rings is 2. The minimum atomic E-state index is -1.97. The van der Waals surface area contributed by atoms with Gasteiger partial charge in [0, 0.05) is 68.9 Å². The Labute approximate surface area is 398 Å². The molecule has 4 N–H and O–H groups in total. The van der Waals surface area contributed by atoms with E-state index in [1.807, 2.05) is 55.4 Å². The zero-order chi connectivity index (χ0) is 47.0. The van der Waals surface area contributed by atoms with Crippen molar-refractivity contribution >= 4 is 75.8 Å². The number of hydrogen-bond acceptors (Lipinski definition) is 14. The molecule has 2 aliphatic heterocycles. The summed E-state index contributed by atoms with van der Waals surface area (Å²) in [6.45, 7) is 10.4. The normalized spacial score (nSPS) is 17.5. The molecule has 66 heavy (non-hydrogen) atoms. The van der Waals surface area contributed by atoms with Gasteiger partial charge in [0.25, 0.3) is 11.8 Å². The number of aryl methyl sites for hydroxylation is 1. The summed E-state index contributed by atoms with van der Waals surface area (Å²) >= 11 is 9.16. The van der Waals surface area contributed by atoms with E-state index in [0.29, 0.717) is 111 Å². The van der Waals surface area contributed by atoms with Crippen LogP contribution in [0.3, 0.4) is 0 Å². The second-order valence-corrected chi connectivity index (χ2v) is 20.1. The number of thioether (sulfide) groups is 1. The summed E-state index contributed by atoms with van der Waals surface area (Å²) in [5, 5.41) is 12.2. The highest BCUT2D eigenvalue weighted by molar-refractivity contribution is 8.00. The van der Waals surface area contributed by atoms with Crippen LogP contribution >= 0.6 is 34.7 Å². The Bertz CT molecular complexity index is 2360. The number of thiazole rings is 1. The first-order chi connectivity index (χ1) is 31.7. The van der Waals surface area contributed by atoms with Crippen LogP contribution in [-0.2, 0) is 25.7 Å². The summed E-state index contributed by atoms with van der Waals surface area (Å²) in [6, 6.07) is 11.4. The molecule has 20 heteroatoms. The molecule has 3 aliphatic rings. The SMILES string of the molecule is CNc1nc(Nc2ccc(C(=O)N3CCN(CCOCCSC(C)(C)C(NC(=O)C4(F)CC4)C(=O)N4CCCC4C(=O)NCc4ccc(-c5scnc5C)cc4)CC3)cc2OC)ncc1Cl. The zero-order valence-corrected chi connectivity index (χ0v) is 40.3. The van der Waals surface area contributed by atoms with Crippen LogP contribution in [0.15, 0.2) is 54.2 Å². The van der Waals surface area contributed by atoms with Crippen LogP contribution < -0.4 is 26.0 Å². The molecule has 2 aromatic carbocycles. The van der Waals surface area contributed by atoms with Gasteiger partial charge in [-0.05, 0) is 75.8 Å². The van der Waals surface area contributed by atoms with Gasteiger partial charge in [0.05, 0.1) is 48.3 Å². The highest BCUT2D eigenvalue weighted by Crippen LogP contribution is 2.41. The number of nitrogens with zero attached hydrogens (tertiary/aromatic N) is 6. The monoisotopic (exact) mass is 964 g/mol. The number of likely N-dealkylation sites (tertiary alicyclic amines) is 1. The number of hydrogen-bond donors (Lipinski definition) is 4. The molecule has 0 radical (unpaired) electrons. The number of rotatable bonds is 20. The number of ether oxygens (including phenoxy) is 2. The van der Waals surface area contributed by atoms with Crippen molar-refractivity contribution in [3.63, 3.8) is 0 Å². The van der Waals surface area contributed by atoms with Gasteiger partial charge >= 0.3 is 0 Å². The van der Waals surface area contributed by atoms with Crippen molar-refractivity contribution in [1.82, 2.24) is 40.3 Å². The van der Waals surface area contributed by atoms with Gasteiger partial charge in [0.2, 0.25) is 17.8 Å². The number of alkyl halides is 1. The molecule has 16 nitrogen and oxygen atoms in total. The minimum absolute atomic E-state index is 0.0915. The van der Waals surface area contributed by atoms with Gasteiger partial charge in [0.1, 0.15) is 28.7 Å². The molecule has 2 atom stereocenters. The van der Waals surface area contributed by atoms with E-state index < -0.39 is 34.3 Å². The summed E-state index contributed by atoms with van der Waals surface area (Å²) in [5.41, 5.74) is 3.91. The fraction of sp³-hybridized carbons (Fsp3) is 0.500. The van der Waals surface area contributed by atoms with E-state index >= 15 is 4.39 Å². The molecule has 2 unspecified atom stereocenters. The lowest BCUT2D eigenvalue weighted by atomic mass is 10.00. The third-order valence-electron chi connectivity index (χ3n) is 12.2. The van der Waals surface area contributed by atoms with Crippen molar-refractivity contribution in [2.45, 2.75) is 75.5 Å². The second kappa shape index (κ2) is 21.7. The number of aromatic nitrogens is 3. The van der Waals surface area contributed by atoms with E-state index in [0.717, 1.165) is 21.7 Å².